The van der Waals surface area contributed by atoms with Crippen molar-refractivity contribution in [3.63, 3.8) is 0 Å². The lowest BCUT2D eigenvalue weighted by Gasteiger charge is -2.23. The van der Waals surface area contributed by atoms with Gasteiger partial charge in [-0.2, -0.15) is 0 Å². The number of rotatable bonds is 0. The Hall–Kier alpha value is -1.59. The molecule has 0 saturated carbocycles. The second-order valence-electron chi connectivity index (χ2n) is 4.30. The Morgan fingerprint density at radius 1 is 1.50 bits per heavy atom. The summed E-state index contributed by atoms with van der Waals surface area (Å²) in [6.07, 6.45) is 0.0672. The van der Waals surface area contributed by atoms with Crippen LogP contribution in [0, 0.1) is 0 Å². The van der Waals surface area contributed by atoms with Crippen LogP contribution in [-0.2, 0) is 14.3 Å². The summed E-state index contributed by atoms with van der Waals surface area (Å²) < 4.78 is 5.10. The molecule has 0 unspecified atom stereocenters. The Balaban J connectivity index is 0.000000673. The lowest BCUT2D eigenvalue weighted by Crippen LogP contribution is -2.35. The number of amides is 1. The number of carbonyl (C=O) groups excluding carboxylic acids is 2. The molecule has 0 aromatic rings. The summed E-state index contributed by atoms with van der Waals surface area (Å²) in [4.78, 5) is 32.0. The maximum atomic E-state index is 11.4. The highest BCUT2D eigenvalue weighted by atomic mass is 16.6. The Morgan fingerprint density at radius 2 is 2.00 bits per heavy atom. The van der Waals surface area contributed by atoms with Gasteiger partial charge in [0.25, 0.3) is 6.47 Å². The first-order valence-corrected chi connectivity index (χ1v) is 4.87. The SMILES string of the molecule is CC(C)(C)OC(=O)N1CCC(=O)C1.O=CO. The van der Waals surface area contributed by atoms with Crippen molar-refractivity contribution < 1.29 is 24.2 Å². The van der Waals surface area contributed by atoms with Gasteiger partial charge in [-0.3, -0.25) is 9.59 Å². The fourth-order valence-electron chi connectivity index (χ4n) is 1.11. The largest absolute Gasteiger partial charge is 0.483 e. The highest BCUT2D eigenvalue weighted by Gasteiger charge is 2.27. The summed E-state index contributed by atoms with van der Waals surface area (Å²) in [5, 5.41) is 6.89. The van der Waals surface area contributed by atoms with E-state index >= 15 is 0 Å². The van der Waals surface area contributed by atoms with Gasteiger partial charge in [0.1, 0.15) is 5.60 Å². The van der Waals surface area contributed by atoms with Crippen LogP contribution in [0.5, 0.6) is 0 Å². The van der Waals surface area contributed by atoms with Crippen molar-refractivity contribution in [1.82, 2.24) is 4.90 Å². The second-order valence-corrected chi connectivity index (χ2v) is 4.30. The number of hydrogen-bond donors (Lipinski definition) is 1. The number of hydrogen-bond acceptors (Lipinski definition) is 4. The zero-order valence-electron chi connectivity index (χ0n) is 9.73. The van der Waals surface area contributed by atoms with Crippen LogP contribution in [0.3, 0.4) is 0 Å². The van der Waals surface area contributed by atoms with Crippen molar-refractivity contribution in [1.29, 1.82) is 0 Å². The standard InChI is InChI=1S/C9H15NO3.CH2O2/c1-9(2,3)13-8(12)10-5-4-7(11)6-10;2-1-3/h4-6H2,1-3H3;1H,(H,2,3). The molecule has 1 aliphatic rings. The topological polar surface area (TPSA) is 83.9 Å². The van der Waals surface area contributed by atoms with E-state index in [4.69, 9.17) is 14.6 Å². The molecule has 0 atom stereocenters. The molecule has 0 radical (unpaired) electrons. The number of carboxylic acid groups (broad SMARTS) is 1. The number of Topliss-reactive ketones (excluding diaryl/α,β-unsaturated/α-hetero) is 1. The van der Waals surface area contributed by atoms with Crippen molar-refractivity contribution >= 4 is 18.3 Å². The molecule has 0 aliphatic carbocycles. The number of nitrogens with zero attached hydrogens (tertiary/aromatic N) is 1. The van der Waals surface area contributed by atoms with Crippen LogP contribution >= 0.6 is 0 Å². The third-order valence-corrected chi connectivity index (χ3v) is 1.68. The molecule has 0 aromatic heterocycles. The van der Waals surface area contributed by atoms with Gasteiger partial charge in [0.05, 0.1) is 6.54 Å². The molecule has 92 valence electrons. The van der Waals surface area contributed by atoms with E-state index in [9.17, 15) is 9.59 Å². The summed E-state index contributed by atoms with van der Waals surface area (Å²) in [5.74, 6) is 0.103. The quantitative estimate of drug-likeness (QED) is 0.626. The smallest absolute Gasteiger partial charge is 0.410 e. The van der Waals surface area contributed by atoms with Crippen molar-refractivity contribution in [2.45, 2.75) is 32.8 Å². The molecule has 0 bridgehead atoms. The molecule has 1 saturated heterocycles. The van der Waals surface area contributed by atoms with Crippen molar-refractivity contribution in [2.24, 2.45) is 0 Å². The van der Waals surface area contributed by atoms with Gasteiger partial charge in [-0.05, 0) is 20.8 Å². The van der Waals surface area contributed by atoms with Gasteiger partial charge in [0, 0.05) is 13.0 Å². The zero-order valence-corrected chi connectivity index (χ0v) is 9.73. The van der Waals surface area contributed by atoms with Gasteiger partial charge in [0.2, 0.25) is 0 Å². The molecule has 1 amide bonds. The molecule has 1 fully saturated rings. The second kappa shape index (κ2) is 6.09. The molecular formula is C10H17NO5. The lowest BCUT2D eigenvalue weighted by atomic mass is 10.2. The number of ether oxygens (including phenoxy) is 1. The Bertz CT molecular complexity index is 269. The van der Waals surface area contributed by atoms with Crippen molar-refractivity contribution in [2.75, 3.05) is 13.1 Å². The maximum absolute atomic E-state index is 11.4. The van der Waals surface area contributed by atoms with E-state index in [1.54, 1.807) is 0 Å². The monoisotopic (exact) mass is 231 g/mol. The van der Waals surface area contributed by atoms with Crippen LogP contribution in [0.1, 0.15) is 27.2 Å². The van der Waals surface area contributed by atoms with Gasteiger partial charge in [-0.25, -0.2) is 4.79 Å². The van der Waals surface area contributed by atoms with Crippen LogP contribution in [0.4, 0.5) is 4.79 Å². The Morgan fingerprint density at radius 3 is 2.31 bits per heavy atom. The predicted molar refractivity (Wildman–Crippen MR) is 56.1 cm³/mol. The predicted octanol–water partition coefficient (Wildman–Crippen LogP) is 0.897. The van der Waals surface area contributed by atoms with Crippen LogP contribution < -0.4 is 0 Å². The van der Waals surface area contributed by atoms with Gasteiger partial charge in [0.15, 0.2) is 5.78 Å². The highest BCUT2D eigenvalue weighted by Crippen LogP contribution is 2.12. The molecule has 6 heteroatoms. The van der Waals surface area contributed by atoms with Crippen LogP contribution in [0.2, 0.25) is 0 Å². The molecule has 0 spiro atoms. The van der Waals surface area contributed by atoms with Gasteiger partial charge in [-0.15, -0.1) is 0 Å². The number of likely N-dealkylation sites (tertiary alicyclic amines) is 1. The number of ketones is 1. The lowest BCUT2D eigenvalue weighted by molar-refractivity contribution is -0.123. The third-order valence-electron chi connectivity index (χ3n) is 1.68. The number of carbonyl (C=O) groups is 3. The normalized spacial score (nSPS) is 15.2. The molecule has 1 N–H and O–H groups in total. The van der Waals surface area contributed by atoms with Crippen LogP contribution in [-0.4, -0.2) is 47.0 Å². The van der Waals surface area contributed by atoms with E-state index in [2.05, 4.69) is 0 Å². The van der Waals surface area contributed by atoms with Crippen molar-refractivity contribution in [3.05, 3.63) is 0 Å². The first-order valence-electron chi connectivity index (χ1n) is 4.87. The molecule has 1 rings (SSSR count). The first-order chi connectivity index (χ1) is 7.30. The van der Waals surface area contributed by atoms with E-state index in [-0.39, 0.29) is 18.8 Å². The molecule has 6 nitrogen and oxygen atoms in total. The minimum atomic E-state index is -0.483. The minimum absolute atomic E-state index is 0.103. The van der Waals surface area contributed by atoms with E-state index in [1.165, 1.54) is 4.90 Å². The average molecular weight is 231 g/mol. The highest BCUT2D eigenvalue weighted by molar-refractivity contribution is 5.87. The summed E-state index contributed by atoms with van der Waals surface area (Å²) in [5.41, 5.74) is -0.483. The Labute approximate surface area is 94.2 Å². The van der Waals surface area contributed by atoms with Crippen molar-refractivity contribution in [3.8, 4) is 0 Å². The minimum Gasteiger partial charge on any atom is -0.483 e. The molecule has 1 aliphatic heterocycles. The first kappa shape index (κ1) is 14.4. The third kappa shape index (κ3) is 6.00. The van der Waals surface area contributed by atoms with Gasteiger partial charge >= 0.3 is 6.09 Å². The molecule has 1 heterocycles. The Kier molecular flexibility index (Phi) is 5.49. The van der Waals surface area contributed by atoms with E-state index in [0.717, 1.165) is 0 Å². The van der Waals surface area contributed by atoms with Crippen LogP contribution in [0.25, 0.3) is 0 Å². The summed E-state index contributed by atoms with van der Waals surface area (Å²) in [6, 6.07) is 0. The zero-order chi connectivity index (χ0) is 12.8. The van der Waals surface area contributed by atoms with E-state index < -0.39 is 11.7 Å². The maximum Gasteiger partial charge on any atom is 0.410 e. The summed E-state index contributed by atoms with van der Waals surface area (Å²) in [6.45, 7) is 5.87. The molecule has 16 heavy (non-hydrogen) atoms. The van der Waals surface area contributed by atoms with Crippen LogP contribution in [0.15, 0.2) is 0 Å². The fraction of sp³-hybridized carbons (Fsp3) is 0.700. The van der Waals surface area contributed by atoms with E-state index in [0.29, 0.717) is 13.0 Å². The summed E-state index contributed by atoms with van der Waals surface area (Å²) >= 11 is 0. The summed E-state index contributed by atoms with van der Waals surface area (Å²) in [7, 11) is 0. The van der Waals surface area contributed by atoms with E-state index in [1.807, 2.05) is 20.8 Å². The average Bonchev–Trinajstić information content (AvgIpc) is 2.50. The van der Waals surface area contributed by atoms with Gasteiger partial charge < -0.3 is 14.7 Å². The molecule has 0 aromatic carbocycles. The fourth-order valence-corrected chi connectivity index (χ4v) is 1.11. The molecular weight excluding hydrogens is 214 g/mol. The van der Waals surface area contributed by atoms with Gasteiger partial charge in [-0.1, -0.05) is 0 Å².